The van der Waals surface area contributed by atoms with Crippen LogP contribution < -0.4 is 5.32 Å². The van der Waals surface area contributed by atoms with Gasteiger partial charge in [-0.05, 0) is 31.7 Å². The third-order valence-corrected chi connectivity index (χ3v) is 7.63. The van der Waals surface area contributed by atoms with Crippen LogP contribution in [0.4, 0.5) is 5.13 Å². The lowest BCUT2D eigenvalue weighted by atomic mass is 9.85. The van der Waals surface area contributed by atoms with E-state index in [-0.39, 0.29) is 17.6 Å². The molecule has 0 radical (unpaired) electrons. The van der Waals surface area contributed by atoms with Crippen LogP contribution in [0.2, 0.25) is 0 Å². The number of aryl methyl sites for hydroxylation is 1. The summed E-state index contributed by atoms with van der Waals surface area (Å²) in [5.74, 6) is -0.0431. The number of benzene rings is 2. The Bertz CT molecular complexity index is 1100. The maximum atomic E-state index is 12.9. The van der Waals surface area contributed by atoms with Gasteiger partial charge in [-0.3, -0.25) is 9.69 Å². The van der Waals surface area contributed by atoms with Gasteiger partial charge in [0.05, 0.1) is 30.6 Å². The van der Waals surface area contributed by atoms with Crippen molar-refractivity contribution in [2.24, 2.45) is 0 Å². The van der Waals surface area contributed by atoms with Crippen LogP contribution in [0.3, 0.4) is 0 Å². The summed E-state index contributed by atoms with van der Waals surface area (Å²) in [6.07, 6.45) is 2.92. The van der Waals surface area contributed by atoms with E-state index >= 15 is 0 Å². The van der Waals surface area contributed by atoms with Crippen LogP contribution in [0.15, 0.2) is 60.7 Å². The maximum absolute atomic E-state index is 12.9. The molecule has 2 aliphatic rings. The molecular formula is C27H31N3O3S. The molecule has 2 aromatic carbocycles. The molecule has 34 heavy (non-hydrogen) atoms. The van der Waals surface area contributed by atoms with Gasteiger partial charge in [-0.2, -0.15) is 0 Å². The molecule has 2 fully saturated rings. The van der Waals surface area contributed by atoms with Crippen molar-refractivity contribution in [3.05, 3.63) is 71.1 Å². The molecule has 3 heterocycles. The van der Waals surface area contributed by atoms with E-state index in [4.69, 9.17) is 9.47 Å². The van der Waals surface area contributed by atoms with Crippen molar-refractivity contribution in [2.45, 2.75) is 44.5 Å². The Morgan fingerprint density at radius 3 is 2.68 bits per heavy atom. The topological polar surface area (TPSA) is 63.7 Å². The number of carbonyl (C=O) groups is 1. The number of nitrogens with zero attached hydrogens (tertiary/aromatic N) is 2. The second-order valence-electron chi connectivity index (χ2n) is 9.13. The van der Waals surface area contributed by atoms with Gasteiger partial charge in [-0.1, -0.05) is 60.7 Å². The molecule has 1 amide bonds. The minimum Gasteiger partial charge on any atom is -0.372 e. The fourth-order valence-corrected chi connectivity index (χ4v) is 5.82. The van der Waals surface area contributed by atoms with E-state index in [1.807, 2.05) is 55.5 Å². The first-order valence-corrected chi connectivity index (χ1v) is 12.8. The number of likely N-dealkylation sites (tertiary alicyclic amines) is 1. The van der Waals surface area contributed by atoms with E-state index in [9.17, 15) is 4.79 Å². The van der Waals surface area contributed by atoms with Crippen molar-refractivity contribution < 1.29 is 14.3 Å². The van der Waals surface area contributed by atoms with Crippen LogP contribution in [0, 0.1) is 6.92 Å². The van der Waals surface area contributed by atoms with E-state index in [1.165, 1.54) is 11.3 Å². The van der Waals surface area contributed by atoms with Gasteiger partial charge in [0.1, 0.15) is 0 Å². The Morgan fingerprint density at radius 1 is 1.18 bits per heavy atom. The van der Waals surface area contributed by atoms with Crippen molar-refractivity contribution in [2.75, 3.05) is 31.6 Å². The monoisotopic (exact) mass is 477 g/mol. The minimum absolute atomic E-state index is 0.0431. The summed E-state index contributed by atoms with van der Waals surface area (Å²) in [5.41, 5.74) is 2.92. The van der Waals surface area contributed by atoms with Gasteiger partial charge >= 0.3 is 0 Å². The lowest BCUT2D eigenvalue weighted by molar-refractivity contribution is -0.159. The Labute approximate surface area is 204 Å². The summed E-state index contributed by atoms with van der Waals surface area (Å²) < 4.78 is 12.6. The van der Waals surface area contributed by atoms with Crippen molar-refractivity contribution in [3.8, 4) is 11.3 Å². The molecule has 7 heteroatoms. The number of hydrogen-bond donors (Lipinski definition) is 1. The van der Waals surface area contributed by atoms with Crippen LogP contribution in [0.1, 0.15) is 29.7 Å². The highest BCUT2D eigenvalue weighted by Crippen LogP contribution is 2.38. The molecule has 1 aromatic heterocycles. The predicted octanol–water partition coefficient (Wildman–Crippen LogP) is 4.90. The number of hydrogen-bond acceptors (Lipinski definition) is 6. The third kappa shape index (κ3) is 5.23. The normalized spacial score (nSPS) is 22.8. The van der Waals surface area contributed by atoms with Crippen molar-refractivity contribution in [3.63, 3.8) is 0 Å². The molecule has 178 valence electrons. The first kappa shape index (κ1) is 23.2. The summed E-state index contributed by atoms with van der Waals surface area (Å²) in [4.78, 5) is 20.8. The van der Waals surface area contributed by atoms with Crippen LogP contribution in [0.5, 0.6) is 0 Å². The summed E-state index contributed by atoms with van der Waals surface area (Å²) >= 11 is 1.51. The van der Waals surface area contributed by atoms with Crippen molar-refractivity contribution in [1.82, 2.24) is 9.88 Å². The van der Waals surface area contributed by atoms with Crippen LogP contribution in [-0.2, 0) is 20.9 Å². The molecule has 1 spiro atoms. The van der Waals surface area contributed by atoms with Gasteiger partial charge in [0.2, 0.25) is 5.91 Å². The van der Waals surface area contributed by atoms with E-state index in [1.54, 1.807) is 0 Å². The second kappa shape index (κ2) is 10.4. The van der Waals surface area contributed by atoms with Crippen molar-refractivity contribution in [1.29, 1.82) is 0 Å². The number of piperidine rings is 1. The van der Waals surface area contributed by atoms with E-state index < -0.39 is 0 Å². The SMILES string of the molecule is Cc1sc(NC(=O)CN2CC[C@@]3(CCCO3)[C@H](OCc3ccccc3)C2)nc1-c1ccccc1. The summed E-state index contributed by atoms with van der Waals surface area (Å²) in [6, 6.07) is 20.3. The average Bonchev–Trinajstić information content (AvgIpc) is 3.47. The number of amides is 1. The van der Waals surface area contributed by atoms with Crippen LogP contribution >= 0.6 is 11.3 Å². The highest BCUT2D eigenvalue weighted by atomic mass is 32.1. The molecule has 0 unspecified atom stereocenters. The van der Waals surface area contributed by atoms with Crippen LogP contribution in [-0.4, -0.2) is 53.7 Å². The molecule has 2 atom stereocenters. The largest absolute Gasteiger partial charge is 0.372 e. The maximum Gasteiger partial charge on any atom is 0.240 e. The Kier molecular flexibility index (Phi) is 7.06. The van der Waals surface area contributed by atoms with E-state index in [2.05, 4.69) is 27.3 Å². The predicted molar refractivity (Wildman–Crippen MR) is 135 cm³/mol. The summed E-state index contributed by atoms with van der Waals surface area (Å²) in [7, 11) is 0. The lowest BCUT2D eigenvalue weighted by Gasteiger charge is -2.44. The highest BCUT2D eigenvalue weighted by Gasteiger charge is 2.47. The first-order valence-electron chi connectivity index (χ1n) is 12.0. The fourth-order valence-electron chi connectivity index (χ4n) is 4.97. The molecule has 0 aliphatic carbocycles. The van der Waals surface area contributed by atoms with Gasteiger partial charge in [-0.15, -0.1) is 11.3 Å². The van der Waals surface area contributed by atoms with E-state index in [0.717, 1.165) is 54.1 Å². The highest BCUT2D eigenvalue weighted by molar-refractivity contribution is 7.16. The summed E-state index contributed by atoms with van der Waals surface area (Å²) in [5, 5.41) is 3.65. The number of nitrogens with one attached hydrogen (secondary N) is 1. The zero-order valence-electron chi connectivity index (χ0n) is 19.5. The molecule has 0 saturated carbocycles. The fraction of sp³-hybridized carbons (Fsp3) is 0.407. The molecular weight excluding hydrogens is 446 g/mol. The Balaban J connectivity index is 1.21. The number of anilines is 1. The zero-order valence-corrected chi connectivity index (χ0v) is 20.4. The smallest absolute Gasteiger partial charge is 0.240 e. The molecule has 2 aliphatic heterocycles. The second-order valence-corrected chi connectivity index (χ2v) is 10.3. The lowest BCUT2D eigenvalue weighted by Crippen LogP contribution is -2.57. The molecule has 3 aromatic rings. The average molecular weight is 478 g/mol. The Morgan fingerprint density at radius 2 is 1.94 bits per heavy atom. The van der Waals surface area contributed by atoms with Gasteiger partial charge in [-0.25, -0.2) is 4.98 Å². The quantitative estimate of drug-likeness (QED) is 0.525. The Hall–Kier alpha value is -2.58. The van der Waals surface area contributed by atoms with Crippen LogP contribution in [0.25, 0.3) is 11.3 Å². The van der Waals surface area contributed by atoms with E-state index in [0.29, 0.717) is 24.8 Å². The molecule has 1 N–H and O–H groups in total. The van der Waals surface area contributed by atoms with Gasteiger partial charge < -0.3 is 14.8 Å². The zero-order chi connectivity index (χ0) is 23.4. The standard InChI is InChI=1S/C27H31N3O3S/c1-20-25(22-11-6-3-7-12-22)29-26(34-20)28-24(31)18-30-15-14-27(13-8-16-33-27)23(17-30)32-19-21-9-4-2-5-10-21/h2-7,9-12,23H,8,13-19H2,1H3,(H,28,29,31)/t23-,27+/m1/s1. The molecule has 2 saturated heterocycles. The van der Waals surface area contributed by atoms with Crippen molar-refractivity contribution >= 4 is 22.4 Å². The van der Waals surface area contributed by atoms with Gasteiger partial charge in [0.25, 0.3) is 0 Å². The number of rotatable bonds is 7. The number of aromatic nitrogens is 1. The summed E-state index contributed by atoms with van der Waals surface area (Å²) in [6.45, 7) is 5.21. The minimum atomic E-state index is -0.223. The molecule has 6 nitrogen and oxygen atoms in total. The number of carbonyl (C=O) groups excluding carboxylic acids is 1. The first-order chi connectivity index (χ1) is 16.6. The third-order valence-electron chi connectivity index (χ3n) is 6.75. The molecule has 5 rings (SSSR count). The number of ether oxygens (including phenoxy) is 2. The van der Waals surface area contributed by atoms with Gasteiger partial charge in [0, 0.05) is 30.1 Å². The number of thiazole rings is 1. The van der Waals surface area contributed by atoms with Gasteiger partial charge in [0.15, 0.2) is 5.13 Å². The molecule has 0 bridgehead atoms.